The van der Waals surface area contributed by atoms with E-state index in [1.54, 1.807) is 57.0 Å². The van der Waals surface area contributed by atoms with E-state index in [4.69, 9.17) is 11.6 Å². The predicted octanol–water partition coefficient (Wildman–Crippen LogP) is 4.12. The summed E-state index contributed by atoms with van der Waals surface area (Å²) < 4.78 is 41.1. The summed E-state index contributed by atoms with van der Waals surface area (Å²) in [6.07, 6.45) is -3.52. The Balaban J connectivity index is 1.38. The van der Waals surface area contributed by atoms with Crippen LogP contribution in [0.25, 0.3) is 16.7 Å². The lowest BCUT2D eigenvalue weighted by atomic mass is 9.98. The lowest BCUT2D eigenvalue weighted by molar-refractivity contribution is -0.137. The molecule has 3 aromatic heterocycles. The summed E-state index contributed by atoms with van der Waals surface area (Å²) in [6.45, 7) is 7.34. The van der Waals surface area contributed by atoms with Crippen molar-refractivity contribution in [1.29, 1.82) is 0 Å². The van der Waals surface area contributed by atoms with Crippen molar-refractivity contribution in [1.82, 2.24) is 34.5 Å². The van der Waals surface area contributed by atoms with Crippen LogP contribution in [0.2, 0.25) is 5.02 Å². The van der Waals surface area contributed by atoms with Gasteiger partial charge in [-0.05, 0) is 63.1 Å². The van der Waals surface area contributed by atoms with Crippen molar-refractivity contribution in [3.05, 3.63) is 97.9 Å². The number of benzene rings is 2. The van der Waals surface area contributed by atoms with Gasteiger partial charge in [0.2, 0.25) is 5.91 Å². The van der Waals surface area contributed by atoms with E-state index in [2.05, 4.69) is 25.5 Å². The van der Waals surface area contributed by atoms with Crippen LogP contribution in [0.5, 0.6) is 5.75 Å². The molecule has 1 aliphatic heterocycles. The van der Waals surface area contributed by atoms with Crippen LogP contribution in [0.3, 0.4) is 0 Å². The molecule has 0 bridgehead atoms. The van der Waals surface area contributed by atoms with E-state index in [9.17, 15) is 37.8 Å². The third-order valence-electron chi connectivity index (χ3n) is 8.98. The number of piperazine rings is 1. The SMILES string of the molecule is CCc1c(CC(=O)Nc2ccc(C(F)(F)F)cc2Cl)c2nn(-c3ccc(C(C)(C)O)cc3)nc2c(=O)n1N1CCN(C(=O)c2ncnc(C)c2O)CC1. The highest BCUT2D eigenvalue weighted by Gasteiger charge is 2.32. The number of halogens is 4. The summed E-state index contributed by atoms with van der Waals surface area (Å²) in [4.78, 5) is 51.7. The van der Waals surface area contributed by atoms with Gasteiger partial charge in [0.25, 0.3) is 11.5 Å². The number of carbonyl (C=O) groups is 2. The second-order valence-corrected chi connectivity index (χ2v) is 13.4. The molecule has 4 heterocycles. The standard InChI is InChI=1S/C35H35ClF3N9O5/c1-5-26-23(17-27(49)42-25-11-8-21(16-24(25)36)35(37,38)39)28-29(44-48(43-28)22-9-6-20(7-10-22)34(3,4)53)33(52)47(26)46-14-12-45(13-15-46)32(51)30-31(50)19(2)40-18-41-30/h6-11,16,18,50,53H,5,12-15,17H2,1-4H3,(H,42,49). The summed E-state index contributed by atoms with van der Waals surface area (Å²) in [5, 5.41) is 33.9. The molecule has 0 radical (unpaired) electrons. The van der Waals surface area contributed by atoms with Crippen molar-refractivity contribution in [3.63, 3.8) is 0 Å². The minimum Gasteiger partial charge on any atom is -0.504 e. The quantitative estimate of drug-likeness (QED) is 0.209. The summed E-state index contributed by atoms with van der Waals surface area (Å²) >= 11 is 6.13. The van der Waals surface area contributed by atoms with Crippen LogP contribution in [0, 0.1) is 6.92 Å². The van der Waals surface area contributed by atoms with Gasteiger partial charge in [0.1, 0.15) is 11.8 Å². The number of aliphatic hydroxyl groups is 1. The van der Waals surface area contributed by atoms with Gasteiger partial charge in [0, 0.05) is 24.3 Å². The van der Waals surface area contributed by atoms with Gasteiger partial charge in [-0.25, -0.2) is 14.6 Å². The molecule has 14 nitrogen and oxygen atoms in total. The van der Waals surface area contributed by atoms with Gasteiger partial charge in [-0.3, -0.25) is 14.4 Å². The number of hydrogen-bond acceptors (Lipinski definition) is 10. The van der Waals surface area contributed by atoms with Crippen molar-refractivity contribution < 1.29 is 33.0 Å². The van der Waals surface area contributed by atoms with Crippen LogP contribution in [0.15, 0.2) is 53.6 Å². The average Bonchev–Trinajstić information content (AvgIpc) is 3.57. The normalized spacial score (nSPS) is 13.8. The fraction of sp³-hybridized carbons (Fsp3) is 0.343. The molecule has 278 valence electrons. The molecule has 1 saturated heterocycles. The van der Waals surface area contributed by atoms with E-state index >= 15 is 0 Å². The third-order valence-corrected chi connectivity index (χ3v) is 9.29. The van der Waals surface area contributed by atoms with Gasteiger partial charge >= 0.3 is 6.18 Å². The highest BCUT2D eigenvalue weighted by Crippen LogP contribution is 2.34. The number of pyridine rings is 1. The highest BCUT2D eigenvalue weighted by atomic mass is 35.5. The number of aromatic hydroxyl groups is 1. The predicted molar refractivity (Wildman–Crippen MR) is 189 cm³/mol. The molecule has 0 spiro atoms. The van der Waals surface area contributed by atoms with Crippen molar-refractivity contribution in [3.8, 4) is 11.4 Å². The number of carbonyl (C=O) groups excluding carboxylic acids is 2. The Labute approximate surface area is 305 Å². The zero-order valence-corrected chi connectivity index (χ0v) is 29.8. The van der Waals surface area contributed by atoms with E-state index in [0.29, 0.717) is 22.5 Å². The van der Waals surface area contributed by atoms with Gasteiger partial charge in [-0.1, -0.05) is 30.7 Å². The van der Waals surface area contributed by atoms with Gasteiger partial charge in [-0.2, -0.15) is 18.0 Å². The Morgan fingerprint density at radius 2 is 1.60 bits per heavy atom. The minimum absolute atomic E-state index is 0.0338. The van der Waals surface area contributed by atoms with Crippen molar-refractivity contribution >= 4 is 40.1 Å². The molecule has 1 fully saturated rings. The maximum atomic E-state index is 14.3. The topological polar surface area (TPSA) is 172 Å². The number of fused-ring (bicyclic) bond motifs is 1. The second kappa shape index (κ2) is 14.1. The zero-order chi connectivity index (χ0) is 38.4. The molecule has 1 aliphatic rings. The van der Waals surface area contributed by atoms with Crippen molar-refractivity contribution in [2.24, 2.45) is 0 Å². The number of rotatable bonds is 8. The lowest BCUT2D eigenvalue weighted by Crippen LogP contribution is -2.56. The molecule has 2 amide bonds. The Morgan fingerprint density at radius 3 is 2.21 bits per heavy atom. The van der Waals surface area contributed by atoms with Gasteiger partial charge < -0.3 is 25.4 Å². The first kappa shape index (κ1) is 37.2. The fourth-order valence-electron chi connectivity index (χ4n) is 6.13. The van der Waals surface area contributed by atoms with Crippen molar-refractivity contribution in [2.45, 2.75) is 52.3 Å². The van der Waals surface area contributed by atoms with Crippen LogP contribution in [-0.2, 0) is 29.4 Å². The van der Waals surface area contributed by atoms with Gasteiger partial charge in [0.05, 0.1) is 52.8 Å². The van der Waals surface area contributed by atoms with E-state index in [1.165, 1.54) is 20.7 Å². The molecule has 3 N–H and O–H groups in total. The Bertz CT molecular complexity index is 2280. The molecular formula is C35H35ClF3N9O5. The number of anilines is 1. The average molecular weight is 754 g/mol. The molecule has 18 heteroatoms. The van der Waals surface area contributed by atoms with E-state index in [1.807, 2.05) is 0 Å². The molecule has 53 heavy (non-hydrogen) atoms. The maximum absolute atomic E-state index is 14.3. The molecule has 0 saturated carbocycles. The molecule has 0 atom stereocenters. The number of aryl methyl sites for hydroxylation is 1. The zero-order valence-electron chi connectivity index (χ0n) is 29.1. The smallest absolute Gasteiger partial charge is 0.416 e. The Kier molecular flexibility index (Phi) is 9.91. The summed E-state index contributed by atoms with van der Waals surface area (Å²) in [5.41, 5.74) is -0.522. The van der Waals surface area contributed by atoms with Crippen LogP contribution in [0.1, 0.15) is 59.3 Å². The third kappa shape index (κ3) is 7.39. The maximum Gasteiger partial charge on any atom is 0.416 e. The number of hydrogen-bond donors (Lipinski definition) is 3. The number of aromatic nitrogens is 6. The number of nitrogens with zero attached hydrogens (tertiary/aromatic N) is 8. The molecule has 0 unspecified atom stereocenters. The van der Waals surface area contributed by atoms with E-state index in [-0.39, 0.29) is 77.9 Å². The minimum atomic E-state index is -4.63. The van der Waals surface area contributed by atoms with Crippen LogP contribution in [-0.4, -0.2) is 82.7 Å². The van der Waals surface area contributed by atoms with Crippen molar-refractivity contribution in [2.75, 3.05) is 36.5 Å². The fourth-order valence-corrected chi connectivity index (χ4v) is 6.36. The van der Waals surface area contributed by atoms with Crippen LogP contribution in [0.4, 0.5) is 18.9 Å². The second-order valence-electron chi connectivity index (χ2n) is 13.0. The number of nitrogens with one attached hydrogen (secondary N) is 1. The lowest BCUT2D eigenvalue weighted by Gasteiger charge is -2.38. The first-order valence-corrected chi connectivity index (χ1v) is 16.9. The Morgan fingerprint density at radius 1 is 0.962 bits per heavy atom. The van der Waals surface area contributed by atoms with Gasteiger partial charge in [-0.15, -0.1) is 10.2 Å². The molecule has 5 aromatic rings. The molecule has 0 aliphatic carbocycles. The first-order valence-electron chi connectivity index (χ1n) is 16.6. The summed E-state index contributed by atoms with van der Waals surface area (Å²) in [6, 6.07) is 9.35. The first-order chi connectivity index (χ1) is 25.0. The largest absolute Gasteiger partial charge is 0.504 e. The van der Waals surface area contributed by atoms with Crippen LogP contribution < -0.4 is 15.9 Å². The monoisotopic (exact) mass is 753 g/mol. The van der Waals surface area contributed by atoms with E-state index in [0.717, 1.165) is 18.2 Å². The summed E-state index contributed by atoms with van der Waals surface area (Å²) in [5.74, 6) is -1.44. The molecule has 2 aromatic carbocycles. The number of alkyl halides is 3. The highest BCUT2D eigenvalue weighted by molar-refractivity contribution is 6.33. The molecular weight excluding hydrogens is 719 g/mol. The van der Waals surface area contributed by atoms with E-state index < -0.39 is 34.7 Å². The molecule has 6 rings (SSSR count). The Hall–Kier alpha value is -5.55. The number of amides is 2. The van der Waals surface area contributed by atoms with Gasteiger partial charge in [0.15, 0.2) is 17.0 Å². The van der Waals surface area contributed by atoms with Crippen LogP contribution >= 0.6 is 11.6 Å². The summed E-state index contributed by atoms with van der Waals surface area (Å²) in [7, 11) is 0.